The third-order valence-corrected chi connectivity index (χ3v) is 6.48. The molecule has 1 aromatic heterocycles. The van der Waals surface area contributed by atoms with E-state index in [1.54, 1.807) is 12.1 Å². The van der Waals surface area contributed by atoms with E-state index in [1.165, 1.54) is 17.7 Å². The van der Waals surface area contributed by atoms with Crippen molar-refractivity contribution in [2.75, 3.05) is 6.54 Å². The molecule has 0 saturated heterocycles. The summed E-state index contributed by atoms with van der Waals surface area (Å²) in [5.41, 5.74) is 3.28. The number of aliphatic hydroxyl groups excluding tert-OH is 1. The standard InChI is InChI=1S/C28H28F2N4O3S/c1-2-18-7-6-8-19(11-18)16-31-17-25(35)24(14-20-12-22(29)15-23(30)13-20)32-27(36)38-28-34-33-26(37-28)21-9-4-3-5-10-21/h3-13,15,24-25,31,35H,2,14,16-17H2,1H3,(H,32,36)/t24-,25+/m0/s1. The SMILES string of the molecule is CCc1cccc(CNC[C@@H](O)[C@H](Cc2cc(F)cc(F)c2)NC(=O)Sc2nnc(-c3ccccc3)o2)c1. The van der Waals surface area contributed by atoms with Gasteiger partial charge in [-0.15, -0.1) is 10.2 Å². The summed E-state index contributed by atoms with van der Waals surface area (Å²) in [6.45, 7) is 2.73. The lowest BCUT2D eigenvalue weighted by Crippen LogP contribution is -2.47. The minimum atomic E-state index is -1.05. The number of benzene rings is 3. The van der Waals surface area contributed by atoms with Gasteiger partial charge in [0.2, 0.25) is 5.89 Å². The number of hydrogen-bond acceptors (Lipinski definition) is 7. The van der Waals surface area contributed by atoms with Gasteiger partial charge in [0.25, 0.3) is 10.5 Å². The van der Waals surface area contributed by atoms with Gasteiger partial charge in [0.05, 0.1) is 12.1 Å². The van der Waals surface area contributed by atoms with Crippen molar-refractivity contribution in [3.63, 3.8) is 0 Å². The van der Waals surface area contributed by atoms with Gasteiger partial charge in [0.15, 0.2) is 0 Å². The summed E-state index contributed by atoms with van der Waals surface area (Å²) in [5.74, 6) is -1.20. The zero-order valence-electron chi connectivity index (χ0n) is 20.7. The van der Waals surface area contributed by atoms with E-state index >= 15 is 0 Å². The topological polar surface area (TPSA) is 100 Å². The number of aryl methyl sites for hydroxylation is 1. The zero-order chi connectivity index (χ0) is 26.9. The lowest BCUT2D eigenvalue weighted by Gasteiger charge is -2.24. The molecule has 2 atom stereocenters. The number of halogens is 2. The maximum absolute atomic E-state index is 13.8. The molecule has 0 fully saturated rings. The molecule has 4 aromatic rings. The van der Waals surface area contributed by atoms with E-state index in [2.05, 4.69) is 33.8 Å². The first kappa shape index (κ1) is 27.4. The van der Waals surface area contributed by atoms with Gasteiger partial charge in [-0.1, -0.05) is 49.4 Å². The smallest absolute Gasteiger partial charge is 0.288 e. The van der Waals surface area contributed by atoms with Crippen LogP contribution in [0, 0.1) is 11.6 Å². The molecule has 0 unspecified atom stereocenters. The largest absolute Gasteiger partial charge is 0.411 e. The summed E-state index contributed by atoms with van der Waals surface area (Å²) in [6, 6.07) is 19.5. The monoisotopic (exact) mass is 538 g/mol. The van der Waals surface area contributed by atoms with Crippen LogP contribution in [-0.2, 0) is 19.4 Å². The molecule has 0 radical (unpaired) electrons. The Balaban J connectivity index is 1.41. The van der Waals surface area contributed by atoms with Gasteiger partial charge in [-0.05, 0) is 53.8 Å². The van der Waals surface area contributed by atoms with Gasteiger partial charge in [0, 0.05) is 36.5 Å². The van der Waals surface area contributed by atoms with Crippen molar-refractivity contribution in [2.24, 2.45) is 0 Å². The molecule has 0 saturated carbocycles. The van der Waals surface area contributed by atoms with Crippen LogP contribution in [0.3, 0.4) is 0 Å². The Kier molecular flexibility index (Phi) is 9.58. The molecule has 7 nitrogen and oxygen atoms in total. The number of aliphatic hydroxyl groups is 1. The van der Waals surface area contributed by atoms with E-state index in [-0.39, 0.29) is 24.1 Å². The summed E-state index contributed by atoms with van der Waals surface area (Å²) >= 11 is 0.677. The number of rotatable bonds is 11. The van der Waals surface area contributed by atoms with Crippen molar-refractivity contribution in [3.8, 4) is 11.5 Å². The molecule has 1 amide bonds. The molecular weight excluding hydrogens is 510 g/mol. The molecule has 0 aliphatic rings. The van der Waals surface area contributed by atoms with Gasteiger partial charge in [0.1, 0.15) is 11.6 Å². The highest BCUT2D eigenvalue weighted by Crippen LogP contribution is 2.24. The quantitative estimate of drug-likeness (QED) is 0.227. The Morgan fingerprint density at radius 1 is 0.974 bits per heavy atom. The van der Waals surface area contributed by atoms with E-state index in [0.29, 0.717) is 29.4 Å². The lowest BCUT2D eigenvalue weighted by molar-refractivity contribution is 0.129. The second kappa shape index (κ2) is 13.3. The van der Waals surface area contributed by atoms with Crippen molar-refractivity contribution >= 4 is 17.0 Å². The Morgan fingerprint density at radius 3 is 2.45 bits per heavy atom. The molecule has 0 aliphatic carbocycles. The van der Waals surface area contributed by atoms with Gasteiger partial charge in [-0.25, -0.2) is 8.78 Å². The Bertz CT molecular complexity index is 1330. The van der Waals surface area contributed by atoms with Crippen LogP contribution in [0.5, 0.6) is 0 Å². The number of amides is 1. The third-order valence-electron chi connectivity index (χ3n) is 5.84. The van der Waals surface area contributed by atoms with Crippen LogP contribution >= 0.6 is 11.8 Å². The number of carbonyl (C=O) groups is 1. The van der Waals surface area contributed by atoms with Crippen LogP contribution in [0.25, 0.3) is 11.5 Å². The molecular formula is C28H28F2N4O3S. The second-order valence-corrected chi connectivity index (χ2v) is 9.66. The highest BCUT2D eigenvalue weighted by molar-refractivity contribution is 8.13. The first-order valence-electron chi connectivity index (χ1n) is 12.2. The van der Waals surface area contributed by atoms with Crippen LogP contribution in [0.15, 0.2) is 82.4 Å². The van der Waals surface area contributed by atoms with Crippen molar-refractivity contribution in [2.45, 2.75) is 43.7 Å². The Labute approximate surface area is 223 Å². The van der Waals surface area contributed by atoms with E-state index < -0.39 is 29.0 Å². The van der Waals surface area contributed by atoms with Crippen LogP contribution < -0.4 is 10.6 Å². The van der Waals surface area contributed by atoms with Crippen molar-refractivity contribution in [1.29, 1.82) is 0 Å². The summed E-state index contributed by atoms with van der Waals surface area (Å²) < 4.78 is 33.2. The van der Waals surface area contributed by atoms with E-state index in [9.17, 15) is 18.7 Å². The van der Waals surface area contributed by atoms with E-state index in [0.717, 1.165) is 18.1 Å². The summed E-state index contributed by atoms with van der Waals surface area (Å²) in [4.78, 5) is 12.8. The Morgan fingerprint density at radius 2 is 1.71 bits per heavy atom. The number of carbonyl (C=O) groups excluding carboxylic acids is 1. The minimum absolute atomic E-state index is 0.00818. The first-order chi connectivity index (χ1) is 18.4. The fourth-order valence-electron chi connectivity index (χ4n) is 3.94. The van der Waals surface area contributed by atoms with Crippen LogP contribution in [0.1, 0.15) is 23.6 Å². The van der Waals surface area contributed by atoms with E-state index in [1.807, 2.05) is 36.4 Å². The molecule has 0 bridgehead atoms. The number of nitrogens with zero attached hydrogens (tertiary/aromatic N) is 2. The molecule has 3 aromatic carbocycles. The minimum Gasteiger partial charge on any atom is -0.411 e. The lowest BCUT2D eigenvalue weighted by atomic mass is 10.0. The number of aromatic nitrogens is 2. The maximum atomic E-state index is 13.8. The molecule has 38 heavy (non-hydrogen) atoms. The maximum Gasteiger partial charge on any atom is 0.288 e. The molecule has 10 heteroatoms. The summed E-state index contributed by atoms with van der Waals surface area (Å²) in [5, 5.41) is 24.2. The summed E-state index contributed by atoms with van der Waals surface area (Å²) in [7, 11) is 0. The van der Waals surface area contributed by atoms with Crippen molar-refractivity contribution in [1.82, 2.24) is 20.8 Å². The van der Waals surface area contributed by atoms with Gasteiger partial charge in [-0.3, -0.25) is 4.79 Å². The van der Waals surface area contributed by atoms with E-state index in [4.69, 9.17) is 4.42 Å². The van der Waals surface area contributed by atoms with Gasteiger partial charge >= 0.3 is 0 Å². The Hall–Kier alpha value is -3.60. The second-order valence-electron chi connectivity index (χ2n) is 8.73. The summed E-state index contributed by atoms with van der Waals surface area (Å²) in [6.07, 6.45) is -0.129. The molecule has 1 heterocycles. The van der Waals surface area contributed by atoms with Crippen LogP contribution in [0.2, 0.25) is 0 Å². The molecule has 198 valence electrons. The fraction of sp³-hybridized carbons (Fsp3) is 0.250. The third kappa shape index (κ3) is 7.95. The first-order valence-corrected chi connectivity index (χ1v) is 13.0. The molecule has 3 N–H and O–H groups in total. The van der Waals surface area contributed by atoms with Crippen molar-refractivity contribution in [3.05, 3.63) is 101 Å². The predicted octanol–water partition coefficient (Wildman–Crippen LogP) is 5.14. The van der Waals surface area contributed by atoms with Crippen LogP contribution in [0.4, 0.5) is 13.6 Å². The molecule has 0 spiro atoms. The normalized spacial score (nSPS) is 12.7. The average Bonchev–Trinajstić information content (AvgIpc) is 3.36. The fourth-order valence-corrected chi connectivity index (χ4v) is 4.51. The number of thioether (sulfide) groups is 1. The van der Waals surface area contributed by atoms with Gasteiger partial charge in [-0.2, -0.15) is 0 Å². The number of hydrogen-bond donors (Lipinski definition) is 3. The van der Waals surface area contributed by atoms with Crippen molar-refractivity contribution < 1.29 is 23.1 Å². The number of nitrogens with one attached hydrogen (secondary N) is 2. The zero-order valence-corrected chi connectivity index (χ0v) is 21.6. The molecule has 4 rings (SSSR count). The van der Waals surface area contributed by atoms with Gasteiger partial charge < -0.3 is 20.2 Å². The molecule has 0 aliphatic heterocycles. The average molecular weight is 539 g/mol. The highest BCUT2D eigenvalue weighted by atomic mass is 32.2. The predicted molar refractivity (Wildman–Crippen MR) is 142 cm³/mol. The van der Waals surface area contributed by atoms with Crippen LogP contribution in [-0.4, -0.2) is 39.2 Å². The highest BCUT2D eigenvalue weighted by Gasteiger charge is 2.24.